The van der Waals surface area contributed by atoms with Crippen LogP contribution in [0.3, 0.4) is 0 Å². The Hall–Kier alpha value is -0.190. The number of rotatable bonds is 11. The summed E-state index contributed by atoms with van der Waals surface area (Å²) >= 11 is 12.0. The second-order valence-electron chi connectivity index (χ2n) is 8.81. The lowest BCUT2D eigenvalue weighted by Crippen LogP contribution is -2.34. The maximum atomic E-state index is 6.04. The van der Waals surface area contributed by atoms with Gasteiger partial charge in [0.25, 0.3) is 0 Å². The minimum Gasteiger partial charge on any atom is -0.494 e. The van der Waals surface area contributed by atoms with Crippen molar-refractivity contribution in [3.8, 4) is 5.75 Å². The van der Waals surface area contributed by atoms with Gasteiger partial charge >= 0.3 is 0 Å². The molecule has 0 aliphatic carbocycles. The molecule has 0 spiro atoms. The molecule has 0 aromatic heterocycles. The Labute approximate surface area is 199 Å². The van der Waals surface area contributed by atoms with Crippen LogP contribution in [0.2, 0.25) is 10.0 Å². The third-order valence-corrected chi connectivity index (χ3v) is 7.28. The molecule has 1 aromatic carbocycles. The van der Waals surface area contributed by atoms with Crippen molar-refractivity contribution in [2.75, 3.05) is 45.9 Å². The summed E-state index contributed by atoms with van der Waals surface area (Å²) in [5.74, 6) is 1.61. The Bertz CT molecular complexity index is 588. The van der Waals surface area contributed by atoms with E-state index in [1.165, 1.54) is 97.1 Å². The predicted molar refractivity (Wildman–Crippen MR) is 132 cm³/mol. The van der Waals surface area contributed by atoms with E-state index in [2.05, 4.69) is 9.80 Å². The molecular formula is C24H39Cl3N2O. The number of likely N-dealkylation sites (tertiary alicyclic amines) is 2. The molecule has 0 unspecified atom stereocenters. The molecule has 1 aromatic rings. The second-order valence-corrected chi connectivity index (χ2v) is 9.63. The Morgan fingerprint density at radius 1 is 0.800 bits per heavy atom. The van der Waals surface area contributed by atoms with Crippen LogP contribution in [0.4, 0.5) is 0 Å². The fraction of sp³-hybridized carbons (Fsp3) is 0.750. The number of benzene rings is 1. The van der Waals surface area contributed by atoms with E-state index >= 15 is 0 Å². The summed E-state index contributed by atoms with van der Waals surface area (Å²) in [6.45, 7) is 8.57. The third-order valence-electron chi connectivity index (χ3n) is 6.54. The summed E-state index contributed by atoms with van der Waals surface area (Å²) in [6.07, 6.45) is 13.6. The van der Waals surface area contributed by atoms with Crippen LogP contribution in [-0.4, -0.2) is 55.7 Å². The van der Waals surface area contributed by atoms with Crippen molar-refractivity contribution in [3.63, 3.8) is 0 Å². The van der Waals surface area contributed by atoms with Crippen LogP contribution in [0.25, 0.3) is 0 Å². The summed E-state index contributed by atoms with van der Waals surface area (Å²) in [5.41, 5.74) is 0. The van der Waals surface area contributed by atoms with Gasteiger partial charge in [0.05, 0.1) is 16.7 Å². The van der Waals surface area contributed by atoms with Gasteiger partial charge in [-0.2, -0.15) is 0 Å². The number of nitrogens with zero attached hydrogens (tertiary/aromatic N) is 2. The first kappa shape index (κ1) is 26.1. The van der Waals surface area contributed by atoms with Crippen LogP contribution in [0.5, 0.6) is 5.75 Å². The largest absolute Gasteiger partial charge is 0.494 e. The van der Waals surface area contributed by atoms with Crippen LogP contribution in [-0.2, 0) is 0 Å². The first-order valence-electron chi connectivity index (χ1n) is 11.7. The van der Waals surface area contributed by atoms with Gasteiger partial charge in [-0.1, -0.05) is 42.5 Å². The summed E-state index contributed by atoms with van der Waals surface area (Å²) in [7, 11) is 0. The van der Waals surface area contributed by atoms with Gasteiger partial charge in [-0.3, -0.25) is 0 Å². The van der Waals surface area contributed by atoms with E-state index < -0.39 is 0 Å². The summed E-state index contributed by atoms with van der Waals surface area (Å²) in [4.78, 5) is 5.33. The smallest absolute Gasteiger partial charge is 0.120 e. The van der Waals surface area contributed by atoms with Crippen LogP contribution in [0, 0.1) is 5.92 Å². The molecule has 6 heteroatoms. The first-order chi connectivity index (χ1) is 14.2. The number of halogens is 3. The van der Waals surface area contributed by atoms with Gasteiger partial charge in [-0.15, -0.1) is 12.4 Å². The van der Waals surface area contributed by atoms with Crippen molar-refractivity contribution in [1.29, 1.82) is 0 Å². The molecule has 2 aliphatic heterocycles. The van der Waals surface area contributed by atoms with E-state index in [0.29, 0.717) is 10.0 Å². The van der Waals surface area contributed by atoms with Gasteiger partial charge in [0.2, 0.25) is 0 Å². The molecule has 0 saturated carbocycles. The van der Waals surface area contributed by atoms with Gasteiger partial charge in [0.1, 0.15) is 5.75 Å². The maximum absolute atomic E-state index is 6.04. The molecule has 0 amide bonds. The molecule has 3 nitrogen and oxygen atoms in total. The molecule has 2 heterocycles. The Kier molecular flexibility index (Phi) is 12.9. The molecule has 30 heavy (non-hydrogen) atoms. The van der Waals surface area contributed by atoms with E-state index in [-0.39, 0.29) is 12.4 Å². The molecule has 0 radical (unpaired) electrons. The molecular weight excluding hydrogens is 439 g/mol. The normalized spacial score (nSPS) is 18.9. The van der Waals surface area contributed by atoms with E-state index in [0.717, 1.165) is 24.7 Å². The third kappa shape index (κ3) is 9.53. The average molecular weight is 478 g/mol. The lowest BCUT2D eigenvalue weighted by atomic mass is 9.94. The number of piperidine rings is 2. The highest BCUT2D eigenvalue weighted by atomic mass is 35.5. The fourth-order valence-corrected chi connectivity index (χ4v) is 4.90. The summed E-state index contributed by atoms with van der Waals surface area (Å²) < 4.78 is 5.86. The van der Waals surface area contributed by atoms with Crippen molar-refractivity contribution in [2.45, 2.75) is 64.2 Å². The second kappa shape index (κ2) is 14.8. The molecule has 0 N–H and O–H groups in total. The minimum atomic E-state index is 0. The van der Waals surface area contributed by atoms with Crippen molar-refractivity contribution in [3.05, 3.63) is 28.2 Å². The van der Waals surface area contributed by atoms with Gasteiger partial charge < -0.3 is 14.5 Å². The van der Waals surface area contributed by atoms with E-state index in [9.17, 15) is 0 Å². The highest BCUT2D eigenvalue weighted by Gasteiger charge is 2.18. The lowest BCUT2D eigenvalue weighted by Gasteiger charge is -2.32. The van der Waals surface area contributed by atoms with Crippen molar-refractivity contribution in [2.24, 2.45) is 5.92 Å². The average Bonchev–Trinajstić information content (AvgIpc) is 2.75. The number of ether oxygens (including phenoxy) is 1. The molecule has 0 atom stereocenters. The van der Waals surface area contributed by atoms with Gasteiger partial charge in [0.15, 0.2) is 0 Å². The van der Waals surface area contributed by atoms with Crippen LogP contribution in [0.1, 0.15) is 64.2 Å². The van der Waals surface area contributed by atoms with Gasteiger partial charge in [-0.05, 0) is 102 Å². The Balaban J connectivity index is 0.00000320. The van der Waals surface area contributed by atoms with Crippen molar-refractivity contribution in [1.82, 2.24) is 9.80 Å². The van der Waals surface area contributed by atoms with Crippen molar-refractivity contribution >= 4 is 35.6 Å². The predicted octanol–water partition coefficient (Wildman–Crippen LogP) is 6.94. The molecule has 2 aliphatic rings. The summed E-state index contributed by atoms with van der Waals surface area (Å²) in [5, 5.41) is 1.14. The topological polar surface area (TPSA) is 15.7 Å². The molecule has 2 saturated heterocycles. The quantitative estimate of drug-likeness (QED) is 0.321. The molecule has 3 rings (SSSR count). The van der Waals surface area contributed by atoms with Crippen molar-refractivity contribution < 1.29 is 4.74 Å². The zero-order valence-electron chi connectivity index (χ0n) is 18.3. The van der Waals surface area contributed by atoms with E-state index in [1.807, 2.05) is 6.07 Å². The van der Waals surface area contributed by atoms with Crippen LogP contribution < -0.4 is 4.74 Å². The summed E-state index contributed by atoms with van der Waals surface area (Å²) in [6, 6.07) is 5.49. The lowest BCUT2D eigenvalue weighted by molar-refractivity contribution is 0.160. The maximum Gasteiger partial charge on any atom is 0.120 e. The Morgan fingerprint density at radius 3 is 2.07 bits per heavy atom. The fourth-order valence-electron chi connectivity index (χ4n) is 4.62. The van der Waals surface area contributed by atoms with Gasteiger partial charge in [-0.25, -0.2) is 0 Å². The SMILES string of the molecule is Cl.Clc1ccc(OCCC2CCN(CCCCCCN3CCCCC3)CC2)cc1Cl. The van der Waals surface area contributed by atoms with Crippen LogP contribution in [0.15, 0.2) is 18.2 Å². The first-order valence-corrected chi connectivity index (χ1v) is 12.5. The molecule has 2 fully saturated rings. The molecule has 0 bridgehead atoms. The standard InChI is InChI=1S/C24H38Cl2N2O.ClH/c25-23-9-8-22(20-24(23)26)29-19-12-21-10-17-28(18-11-21)16-5-2-1-4-13-27-14-6-3-7-15-27;/h8-9,20-21H,1-7,10-19H2;1H. The van der Waals surface area contributed by atoms with E-state index in [1.54, 1.807) is 12.1 Å². The Morgan fingerprint density at radius 2 is 1.43 bits per heavy atom. The highest BCUT2D eigenvalue weighted by molar-refractivity contribution is 6.42. The number of hydrogen-bond donors (Lipinski definition) is 0. The minimum absolute atomic E-state index is 0. The zero-order chi connectivity index (χ0) is 20.3. The highest BCUT2D eigenvalue weighted by Crippen LogP contribution is 2.27. The van der Waals surface area contributed by atoms with Crippen LogP contribution >= 0.6 is 35.6 Å². The number of hydrogen-bond acceptors (Lipinski definition) is 3. The van der Waals surface area contributed by atoms with Gasteiger partial charge in [0, 0.05) is 6.07 Å². The zero-order valence-corrected chi connectivity index (χ0v) is 20.6. The van der Waals surface area contributed by atoms with E-state index in [4.69, 9.17) is 27.9 Å². The monoisotopic (exact) mass is 476 g/mol. The molecule has 172 valence electrons. The number of unbranched alkanes of at least 4 members (excludes halogenated alkanes) is 3.